The van der Waals surface area contributed by atoms with Gasteiger partial charge in [0.2, 0.25) is 0 Å². The van der Waals surface area contributed by atoms with E-state index in [2.05, 4.69) is 25.7 Å². The van der Waals surface area contributed by atoms with Gasteiger partial charge in [0.1, 0.15) is 18.2 Å². The molecule has 0 aliphatic heterocycles. The van der Waals surface area contributed by atoms with Gasteiger partial charge >= 0.3 is 0 Å². The lowest BCUT2D eigenvalue weighted by molar-refractivity contribution is 0.915. The molecule has 0 aliphatic rings. The van der Waals surface area contributed by atoms with E-state index in [4.69, 9.17) is 16.9 Å². The molecular formula is C15H14ClN7. The first-order valence-corrected chi connectivity index (χ1v) is 7.40. The summed E-state index contributed by atoms with van der Waals surface area (Å²) in [4.78, 5) is 8.38. The summed E-state index contributed by atoms with van der Waals surface area (Å²) in [6, 6.07) is 9.22. The summed E-state index contributed by atoms with van der Waals surface area (Å²) in [5, 5.41) is 20.0. The van der Waals surface area contributed by atoms with Crippen molar-refractivity contribution < 1.29 is 0 Å². The molecule has 7 nitrogen and oxygen atoms in total. The molecule has 2 heterocycles. The molecule has 0 unspecified atom stereocenters. The first-order chi connectivity index (χ1) is 11.2. The molecule has 0 bridgehead atoms. The number of nitrogens with zero attached hydrogens (tertiary/aromatic N) is 5. The van der Waals surface area contributed by atoms with Gasteiger partial charge < -0.3 is 10.6 Å². The maximum absolute atomic E-state index is 8.86. The quantitative estimate of drug-likeness (QED) is 0.700. The third-order valence-electron chi connectivity index (χ3n) is 3.23. The summed E-state index contributed by atoms with van der Waals surface area (Å²) in [7, 11) is 0. The average molecular weight is 328 g/mol. The van der Waals surface area contributed by atoms with Crippen LogP contribution in [0.1, 0.15) is 11.3 Å². The van der Waals surface area contributed by atoms with Crippen LogP contribution in [0.3, 0.4) is 0 Å². The van der Waals surface area contributed by atoms with Crippen LogP contribution in [0.15, 0.2) is 30.6 Å². The van der Waals surface area contributed by atoms with Gasteiger partial charge in [-0.2, -0.15) is 19.9 Å². The SMILES string of the molecule is Cc1cc(NCCNc2ccc(C#N)c(Cl)c2)n2ncnc2n1. The fourth-order valence-electron chi connectivity index (χ4n) is 2.17. The minimum Gasteiger partial charge on any atom is -0.383 e. The number of nitriles is 1. The van der Waals surface area contributed by atoms with Crippen molar-refractivity contribution >= 4 is 28.9 Å². The summed E-state index contributed by atoms with van der Waals surface area (Å²) in [5.41, 5.74) is 2.21. The van der Waals surface area contributed by atoms with Crippen LogP contribution in [-0.2, 0) is 0 Å². The largest absolute Gasteiger partial charge is 0.383 e. The number of aromatic nitrogens is 4. The number of halogens is 1. The van der Waals surface area contributed by atoms with Crippen molar-refractivity contribution in [1.29, 1.82) is 5.26 Å². The summed E-state index contributed by atoms with van der Waals surface area (Å²) >= 11 is 6.00. The third kappa shape index (κ3) is 3.33. The highest BCUT2D eigenvalue weighted by Gasteiger charge is 2.05. The minimum absolute atomic E-state index is 0.444. The molecule has 0 saturated carbocycles. The fraction of sp³-hybridized carbons (Fsp3) is 0.200. The molecule has 1 aromatic carbocycles. The Morgan fingerprint density at radius 3 is 2.87 bits per heavy atom. The third-order valence-corrected chi connectivity index (χ3v) is 3.54. The van der Waals surface area contributed by atoms with Crippen LogP contribution >= 0.6 is 11.6 Å². The number of benzene rings is 1. The first kappa shape index (κ1) is 15.1. The van der Waals surface area contributed by atoms with E-state index in [9.17, 15) is 0 Å². The van der Waals surface area contributed by atoms with Crippen molar-refractivity contribution in [1.82, 2.24) is 19.6 Å². The number of hydrogen-bond acceptors (Lipinski definition) is 6. The van der Waals surface area contributed by atoms with Gasteiger partial charge in [0.15, 0.2) is 0 Å². The molecule has 0 atom stereocenters. The van der Waals surface area contributed by atoms with Gasteiger partial charge in [-0.1, -0.05) is 11.6 Å². The van der Waals surface area contributed by atoms with Crippen LogP contribution in [0.25, 0.3) is 5.78 Å². The Hall–Kier alpha value is -2.85. The number of hydrogen-bond donors (Lipinski definition) is 2. The van der Waals surface area contributed by atoms with Crippen LogP contribution < -0.4 is 10.6 Å². The molecule has 0 radical (unpaired) electrons. The lowest BCUT2D eigenvalue weighted by Crippen LogP contribution is -2.16. The lowest BCUT2D eigenvalue weighted by Gasteiger charge is -2.10. The zero-order valence-electron chi connectivity index (χ0n) is 12.4. The van der Waals surface area contributed by atoms with Gasteiger partial charge in [0.05, 0.1) is 10.6 Å². The highest BCUT2D eigenvalue weighted by Crippen LogP contribution is 2.20. The van der Waals surface area contributed by atoms with E-state index in [1.54, 1.807) is 16.6 Å². The number of anilines is 2. The summed E-state index contributed by atoms with van der Waals surface area (Å²) in [5.74, 6) is 1.41. The predicted octanol–water partition coefficient (Wildman–Crippen LogP) is 2.48. The number of rotatable bonds is 5. The van der Waals surface area contributed by atoms with Crippen LogP contribution in [0, 0.1) is 18.3 Å². The van der Waals surface area contributed by atoms with E-state index < -0.39 is 0 Å². The normalized spacial score (nSPS) is 10.5. The Kier molecular flexibility index (Phi) is 4.26. The summed E-state index contributed by atoms with van der Waals surface area (Å²) in [6.45, 7) is 3.27. The zero-order valence-corrected chi connectivity index (χ0v) is 13.2. The van der Waals surface area contributed by atoms with Gasteiger partial charge in [-0.3, -0.25) is 0 Å². The predicted molar refractivity (Wildman–Crippen MR) is 88.7 cm³/mol. The Labute approximate surface area is 137 Å². The second kappa shape index (κ2) is 6.50. The maximum Gasteiger partial charge on any atom is 0.254 e. The van der Waals surface area contributed by atoms with Gasteiger partial charge in [-0.05, 0) is 25.1 Å². The molecule has 2 aromatic heterocycles. The Balaban J connectivity index is 1.60. The maximum atomic E-state index is 8.86. The molecule has 23 heavy (non-hydrogen) atoms. The van der Waals surface area contributed by atoms with Crippen LogP contribution in [0.2, 0.25) is 5.02 Å². The second-order valence-corrected chi connectivity index (χ2v) is 5.32. The van der Waals surface area contributed by atoms with Crippen molar-refractivity contribution in [3.8, 4) is 6.07 Å². The number of nitrogens with one attached hydrogen (secondary N) is 2. The molecule has 0 spiro atoms. The highest BCUT2D eigenvalue weighted by atomic mass is 35.5. The van der Waals surface area contributed by atoms with Crippen molar-refractivity contribution in [2.75, 3.05) is 23.7 Å². The molecule has 8 heteroatoms. The van der Waals surface area contributed by atoms with Crippen molar-refractivity contribution in [3.63, 3.8) is 0 Å². The molecule has 0 aliphatic carbocycles. The van der Waals surface area contributed by atoms with E-state index in [1.165, 1.54) is 6.33 Å². The monoisotopic (exact) mass is 327 g/mol. The Bertz CT molecular complexity index is 881. The van der Waals surface area contributed by atoms with Gasteiger partial charge in [0, 0.05) is 30.5 Å². The van der Waals surface area contributed by atoms with Crippen molar-refractivity contribution in [3.05, 3.63) is 46.9 Å². The van der Waals surface area contributed by atoms with Gasteiger partial charge in [-0.25, -0.2) is 4.98 Å². The Morgan fingerprint density at radius 1 is 1.26 bits per heavy atom. The molecule has 0 saturated heterocycles. The van der Waals surface area contributed by atoms with E-state index >= 15 is 0 Å². The Morgan fingerprint density at radius 2 is 2.09 bits per heavy atom. The molecule has 116 valence electrons. The van der Waals surface area contributed by atoms with E-state index in [0.29, 0.717) is 29.5 Å². The van der Waals surface area contributed by atoms with Crippen molar-refractivity contribution in [2.24, 2.45) is 0 Å². The molecule has 3 aromatic rings. The van der Waals surface area contributed by atoms with E-state index in [0.717, 1.165) is 17.2 Å². The average Bonchev–Trinajstić information content (AvgIpc) is 2.99. The molecule has 3 rings (SSSR count). The smallest absolute Gasteiger partial charge is 0.254 e. The topological polar surface area (TPSA) is 90.9 Å². The summed E-state index contributed by atoms with van der Waals surface area (Å²) < 4.78 is 1.66. The standard InChI is InChI=1S/C15H14ClN7/c1-10-6-14(23-15(22-10)20-9-21-23)19-5-4-18-12-3-2-11(8-17)13(16)7-12/h2-3,6-7,9,18-19H,4-5H2,1H3. The van der Waals surface area contributed by atoms with Crippen molar-refractivity contribution in [2.45, 2.75) is 6.92 Å². The van der Waals surface area contributed by atoms with E-state index in [1.807, 2.05) is 25.1 Å². The number of fused-ring (bicyclic) bond motifs is 1. The van der Waals surface area contributed by atoms with Crippen LogP contribution in [0.4, 0.5) is 11.5 Å². The molecule has 0 fully saturated rings. The molecular weight excluding hydrogens is 314 g/mol. The van der Waals surface area contributed by atoms with Gasteiger partial charge in [-0.15, -0.1) is 0 Å². The van der Waals surface area contributed by atoms with Crippen LogP contribution in [-0.4, -0.2) is 32.7 Å². The highest BCUT2D eigenvalue weighted by molar-refractivity contribution is 6.32. The second-order valence-electron chi connectivity index (χ2n) is 4.91. The van der Waals surface area contributed by atoms with E-state index in [-0.39, 0.29) is 0 Å². The van der Waals surface area contributed by atoms with Gasteiger partial charge in [0.25, 0.3) is 5.78 Å². The van der Waals surface area contributed by atoms with Crippen LogP contribution in [0.5, 0.6) is 0 Å². The zero-order chi connectivity index (χ0) is 16.2. The molecule has 0 amide bonds. The number of aryl methyl sites for hydroxylation is 1. The summed E-state index contributed by atoms with van der Waals surface area (Å²) in [6.07, 6.45) is 1.48. The first-order valence-electron chi connectivity index (χ1n) is 7.02. The lowest BCUT2D eigenvalue weighted by atomic mass is 10.2. The minimum atomic E-state index is 0.444. The fourth-order valence-corrected chi connectivity index (χ4v) is 2.39. The molecule has 2 N–H and O–H groups in total.